The second kappa shape index (κ2) is 3.83. The van der Waals surface area contributed by atoms with Crippen LogP contribution in [-0.4, -0.2) is 13.1 Å². The summed E-state index contributed by atoms with van der Waals surface area (Å²) in [6, 6.07) is 0. The summed E-state index contributed by atoms with van der Waals surface area (Å²) in [7, 11) is 0. The van der Waals surface area contributed by atoms with Crippen molar-refractivity contribution in [3.05, 3.63) is 23.5 Å². The van der Waals surface area contributed by atoms with Crippen LogP contribution in [0.1, 0.15) is 40.5 Å². The highest BCUT2D eigenvalue weighted by Gasteiger charge is 2.24. The summed E-state index contributed by atoms with van der Waals surface area (Å²) in [4.78, 5) is 0. The molecule has 0 saturated carbocycles. The zero-order valence-corrected chi connectivity index (χ0v) is 11.0. The maximum absolute atomic E-state index is 3.50. The second-order valence-electron chi connectivity index (χ2n) is 6.52. The molecule has 2 nitrogen and oxygen atoms in total. The van der Waals surface area contributed by atoms with E-state index < -0.39 is 0 Å². The minimum atomic E-state index is 0.339. The molecule has 2 N–H and O–H groups in total. The largest absolute Gasteiger partial charge is 0.388 e. The molecule has 0 atom stereocenters. The molecule has 0 aromatic carbocycles. The molecule has 2 heteroatoms. The van der Waals surface area contributed by atoms with E-state index in [1.165, 1.54) is 11.4 Å². The Labute approximate surface area is 99.2 Å². The first-order valence-corrected chi connectivity index (χ1v) is 6.28. The third-order valence-corrected chi connectivity index (χ3v) is 3.34. The summed E-state index contributed by atoms with van der Waals surface area (Å²) >= 11 is 0. The molecule has 2 aliphatic heterocycles. The van der Waals surface area contributed by atoms with Crippen molar-refractivity contribution in [1.82, 2.24) is 10.6 Å². The van der Waals surface area contributed by atoms with Crippen LogP contribution in [0, 0.1) is 10.8 Å². The SMILES string of the molecule is CC1(C)C=C(CCC2=CC(C)(C)CN2)NC1. The predicted molar refractivity (Wildman–Crippen MR) is 69.0 cm³/mol. The molecule has 0 aliphatic carbocycles. The fourth-order valence-corrected chi connectivity index (χ4v) is 2.42. The van der Waals surface area contributed by atoms with Gasteiger partial charge < -0.3 is 10.6 Å². The summed E-state index contributed by atoms with van der Waals surface area (Å²) in [5.41, 5.74) is 3.51. The fourth-order valence-electron chi connectivity index (χ4n) is 2.42. The zero-order valence-electron chi connectivity index (χ0n) is 11.0. The van der Waals surface area contributed by atoms with E-state index in [1.54, 1.807) is 0 Å². The van der Waals surface area contributed by atoms with E-state index in [1.807, 2.05) is 0 Å². The molecule has 0 aromatic heterocycles. The highest BCUT2D eigenvalue weighted by molar-refractivity contribution is 5.18. The average Bonchev–Trinajstić information content (AvgIpc) is 2.66. The van der Waals surface area contributed by atoms with Crippen LogP contribution < -0.4 is 10.6 Å². The molecule has 0 aromatic rings. The van der Waals surface area contributed by atoms with Crippen LogP contribution in [0.4, 0.5) is 0 Å². The van der Waals surface area contributed by atoms with E-state index >= 15 is 0 Å². The van der Waals surface area contributed by atoms with Crippen LogP contribution in [0.2, 0.25) is 0 Å². The van der Waals surface area contributed by atoms with Gasteiger partial charge in [0, 0.05) is 35.3 Å². The van der Waals surface area contributed by atoms with Crippen molar-refractivity contribution in [2.24, 2.45) is 10.8 Å². The van der Waals surface area contributed by atoms with Gasteiger partial charge in [-0.05, 0) is 12.8 Å². The fraction of sp³-hybridized carbons (Fsp3) is 0.714. The van der Waals surface area contributed by atoms with Crippen LogP contribution in [-0.2, 0) is 0 Å². The molecule has 16 heavy (non-hydrogen) atoms. The minimum absolute atomic E-state index is 0.339. The summed E-state index contributed by atoms with van der Waals surface area (Å²) in [6.45, 7) is 11.3. The molecule has 0 fully saturated rings. The maximum atomic E-state index is 3.50. The number of allylic oxidation sites excluding steroid dienone is 2. The minimum Gasteiger partial charge on any atom is -0.388 e. The van der Waals surface area contributed by atoms with Gasteiger partial charge >= 0.3 is 0 Å². The molecule has 0 amide bonds. The van der Waals surface area contributed by atoms with Gasteiger partial charge in [-0.3, -0.25) is 0 Å². The number of rotatable bonds is 3. The molecule has 0 spiro atoms. The van der Waals surface area contributed by atoms with Gasteiger partial charge in [0.05, 0.1) is 0 Å². The first-order chi connectivity index (χ1) is 7.36. The standard InChI is InChI=1S/C14H24N2/c1-13(2)7-11(15-9-13)5-6-12-8-14(3,4)10-16-12/h7-8,15-16H,5-6,9-10H2,1-4H3. The van der Waals surface area contributed by atoms with Crippen molar-refractivity contribution in [2.45, 2.75) is 40.5 Å². The lowest BCUT2D eigenvalue weighted by Crippen LogP contribution is -2.19. The first kappa shape index (κ1) is 11.6. The van der Waals surface area contributed by atoms with Gasteiger partial charge in [0.25, 0.3) is 0 Å². The molecular formula is C14H24N2. The lowest BCUT2D eigenvalue weighted by atomic mass is 9.94. The normalized spacial score (nSPS) is 25.8. The molecule has 2 aliphatic rings. The summed E-state index contributed by atoms with van der Waals surface area (Å²) in [5.74, 6) is 0. The number of hydrogen-bond acceptors (Lipinski definition) is 2. The summed E-state index contributed by atoms with van der Waals surface area (Å²) < 4.78 is 0. The van der Waals surface area contributed by atoms with Crippen molar-refractivity contribution in [1.29, 1.82) is 0 Å². The highest BCUT2D eigenvalue weighted by atomic mass is 14.9. The average molecular weight is 220 g/mol. The van der Waals surface area contributed by atoms with E-state index in [4.69, 9.17) is 0 Å². The first-order valence-electron chi connectivity index (χ1n) is 6.28. The van der Waals surface area contributed by atoms with Crippen LogP contribution in [0.25, 0.3) is 0 Å². The molecule has 0 unspecified atom stereocenters. The van der Waals surface area contributed by atoms with Gasteiger partial charge in [-0.1, -0.05) is 39.8 Å². The quantitative estimate of drug-likeness (QED) is 0.764. The lowest BCUT2D eigenvalue weighted by Gasteiger charge is -2.11. The second-order valence-corrected chi connectivity index (χ2v) is 6.52. The van der Waals surface area contributed by atoms with E-state index in [-0.39, 0.29) is 0 Å². The Hall–Kier alpha value is -0.920. The summed E-state index contributed by atoms with van der Waals surface area (Å²) in [5, 5.41) is 7.00. The van der Waals surface area contributed by atoms with Crippen molar-refractivity contribution in [3.63, 3.8) is 0 Å². The van der Waals surface area contributed by atoms with Gasteiger partial charge in [0.2, 0.25) is 0 Å². The van der Waals surface area contributed by atoms with Crippen LogP contribution >= 0.6 is 0 Å². The Balaban J connectivity index is 1.86. The van der Waals surface area contributed by atoms with Crippen molar-refractivity contribution < 1.29 is 0 Å². The van der Waals surface area contributed by atoms with Gasteiger partial charge in [-0.2, -0.15) is 0 Å². The lowest BCUT2D eigenvalue weighted by molar-refractivity contribution is 0.493. The molecule has 2 heterocycles. The Bertz CT molecular complexity index is 301. The predicted octanol–water partition coefficient (Wildman–Crippen LogP) is 2.79. The summed E-state index contributed by atoms with van der Waals surface area (Å²) in [6.07, 6.45) is 7.04. The Kier molecular flexibility index (Phi) is 2.77. The Morgan fingerprint density at radius 3 is 1.50 bits per heavy atom. The smallest absolute Gasteiger partial charge is 0.0230 e. The monoisotopic (exact) mass is 220 g/mol. The molecule has 2 rings (SSSR count). The molecule has 0 bridgehead atoms. The van der Waals surface area contributed by atoms with Crippen molar-refractivity contribution in [3.8, 4) is 0 Å². The van der Waals surface area contributed by atoms with Gasteiger partial charge in [-0.15, -0.1) is 0 Å². The third kappa shape index (κ3) is 2.81. The molecule has 90 valence electrons. The Morgan fingerprint density at radius 2 is 1.25 bits per heavy atom. The maximum Gasteiger partial charge on any atom is 0.0230 e. The number of nitrogens with one attached hydrogen (secondary N) is 2. The van der Waals surface area contributed by atoms with Gasteiger partial charge in [-0.25, -0.2) is 0 Å². The van der Waals surface area contributed by atoms with Gasteiger partial charge in [0.1, 0.15) is 0 Å². The van der Waals surface area contributed by atoms with Crippen LogP contribution in [0.15, 0.2) is 23.5 Å². The Morgan fingerprint density at radius 1 is 0.875 bits per heavy atom. The van der Waals surface area contributed by atoms with Crippen LogP contribution in [0.5, 0.6) is 0 Å². The van der Waals surface area contributed by atoms with Crippen LogP contribution in [0.3, 0.4) is 0 Å². The molecular weight excluding hydrogens is 196 g/mol. The van der Waals surface area contributed by atoms with E-state index in [9.17, 15) is 0 Å². The zero-order chi connectivity index (χ0) is 11.8. The topological polar surface area (TPSA) is 24.1 Å². The van der Waals surface area contributed by atoms with E-state index in [0.717, 1.165) is 25.9 Å². The third-order valence-electron chi connectivity index (χ3n) is 3.34. The van der Waals surface area contributed by atoms with Crippen molar-refractivity contribution >= 4 is 0 Å². The molecule has 0 radical (unpaired) electrons. The van der Waals surface area contributed by atoms with Gasteiger partial charge in [0.15, 0.2) is 0 Å². The highest BCUT2D eigenvalue weighted by Crippen LogP contribution is 2.28. The van der Waals surface area contributed by atoms with Crippen molar-refractivity contribution in [2.75, 3.05) is 13.1 Å². The number of hydrogen-bond donors (Lipinski definition) is 2. The van der Waals surface area contributed by atoms with E-state index in [2.05, 4.69) is 50.5 Å². The molecule has 0 saturated heterocycles. The van der Waals surface area contributed by atoms with E-state index in [0.29, 0.717) is 10.8 Å².